The fourth-order valence-electron chi connectivity index (χ4n) is 1.39. The van der Waals surface area contributed by atoms with Gasteiger partial charge >= 0.3 is 0 Å². The maximum Gasteiger partial charge on any atom is -0.00363 e. The molecular formula is C9H16S. The van der Waals surface area contributed by atoms with E-state index >= 15 is 0 Å². The van der Waals surface area contributed by atoms with Crippen LogP contribution in [-0.2, 0) is 0 Å². The van der Waals surface area contributed by atoms with Crippen LogP contribution < -0.4 is 0 Å². The Morgan fingerprint density at radius 2 is 2.40 bits per heavy atom. The average molecular weight is 156 g/mol. The lowest BCUT2D eigenvalue weighted by Crippen LogP contribution is -2.04. The third-order valence-corrected chi connectivity index (χ3v) is 2.90. The van der Waals surface area contributed by atoms with Gasteiger partial charge < -0.3 is 0 Å². The summed E-state index contributed by atoms with van der Waals surface area (Å²) in [6, 6.07) is 0. The van der Waals surface area contributed by atoms with Crippen LogP contribution in [0.4, 0.5) is 0 Å². The molecule has 0 aliphatic heterocycles. The van der Waals surface area contributed by atoms with Gasteiger partial charge in [-0.2, -0.15) is 11.8 Å². The lowest BCUT2D eigenvalue weighted by Gasteiger charge is -2.10. The second-order valence-electron chi connectivity index (χ2n) is 3.08. The highest BCUT2D eigenvalue weighted by atomic mass is 32.2. The summed E-state index contributed by atoms with van der Waals surface area (Å²) >= 11 is 1.97. The quantitative estimate of drug-likeness (QED) is 0.551. The molecule has 0 radical (unpaired) electrons. The van der Waals surface area contributed by atoms with E-state index in [4.69, 9.17) is 0 Å². The number of rotatable bonds is 5. The van der Waals surface area contributed by atoms with E-state index in [0.29, 0.717) is 0 Å². The highest BCUT2D eigenvalue weighted by Crippen LogP contribution is 2.39. The first-order valence-electron chi connectivity index (χ1n) is 3.98. The molecule has 0 bridgehead atoms. The Labute approximate surface area is 68.1 Å². The van der Waals surface area contributed by atoms with Gasteiger partial charge in [-0.15, -0.1) is 6.58 Å². The summed E-state index contributed by atoms with van der Waals surface area (Å²) in [7, 11) is 0. The topological polar surface area (TPSA) is 0 Å². The van der Waals surface area contributed by atoms with Crippen molar-refractivity contribution >= 4 is 11.8 Å². The molecular weight excluding hydrogens is 140 g/mol. The van der Waals surface area contributed by atoms with Crippen molar-refractivity contribution in [3.8, 4) is 0 Å². The molecule has 0 aromatic rings. The predicted octanol–water partition coefficient (Wildman–Crippen LogP) is 2.95. The second kappa shape index (κ2) is 4.07. The number of allylic oxidation sites excluding steroid dienone is 1. The Morgan fingerprint density at radius 1 is 1.70 bits per heavy atom. The van der Waals surface area contributed by atoms with Crippen LogP contribution in [-0.4, -0.2) is 12.0 Å². The Morgan fingerprint density at radius 3 is 2.80 bits per heavy atom. The summed E-state index contributed by atoms with van der Waals surface area (Å²) in [6.45, 7) is 3.78. The molecule has 1 fully saturated rings. The van der Waals surface area contributed by atoms with Crippen LogP contribution in [0, 0.1) is 11.8 Å². The molecule has 0 aromatic carbocycles. The summed E-state index contributed by atoms with van der Waals surface area (Å²) in [5, 5.41) is 0. The molecule has 1 saturated carbocycles. The van der Waals surface area contributed by atoms with Gasteiger partial charge in [0.05, 0.1) is 0 Å². The van der Waals surface area contributed by atoms with Gasteiger partial charge in [0, 0.05) is 0 Å². The van der Waals surface area contributed by atoms with Crippen molar-refractivity contribution in [2.45, 2.75) is 19.3 Å². The summed E-state index contributed by atoms with van der Waals surface area (Å²) in [5.74, 6) is 3.31. The van der Waals surface area contributed by atoms with Crippen LogP contribution in [0.3, 0.4) is 0 Å². The molecule has 0 aromatic heterocycles. The summed E-state index contributed by atoms with van der Waals surface area (Å²) in [5.41, 5.74) is 0. The van der Waals surface area contributed by atoms with Crippen molar-refractivity contribution in [2.75, 3.05) is 12.0 Å². The molecule has 1 aliphatic carbocycles. The first kappa shape index (κ1) is 8.19. The van der Waals surface area contributed by atoms with E-state index in [1.54, 1.807) is 0 Å². The normalized spacial score (nSPS) is 20.5. The fraction of sp³-hybridized carbons (Fsp3) is 0.778. The van der Waals surface area contributed by atoms with Crippen LogP contribution in [0.5, 0.6) is 0 Å². The van der Waals surface area contributed by atoms with Crippen LogP contribution in [0.1, 0.15) is 19.3 Å². The zero-order valence-electron chi connectivity index (χ0n) is 6.68. The van der Waals surface area contributed by atoms with E-state index in [2.05, 4.69) is 18.9 Å². The zero-order valence-corrected chi connectivity index (χ0v) is 7.49. The minimum atomic E-state index is 0.937. The molecule has 58 valence electrons. The number of hydrogen-bond donors (Lipinski definition) is 0. The summed E-state index contributed by atoms with van der Waals surface area (Å²) in [6.07, 6.45) is 8.43. The number of hydrogen-bond acceptors (Lipinski definition) is 1. The molecule has 0 spiro atoms. The molecule has 0 saturated heterocycles. The molecule has 1 heteroatoms. The van der Waals surface area contributed by atoms with Crippen LogP contribution in [0.2, 0.25) is 0 Å². The SMILES string of the molecule is C=CCC(CSC)C1CC1. The molecule has 0 N–H and O–H groups in total. The Bertz CT molecular complexity index is 105. The van der Waals surface area contributed by atoms with Crippen molar-refractivity contribution < 1.29 is 0 Å². The molecule has 0 heterocycles. The van der Waals surface area contributed by atoms with Gasteiger partial charge in [-0.1, -0.05) is 6.08 Å². The van der Waals surface area contributed by atoms with Gasteiger partial charge in [0.15, 0.2) is 0 Å². The first-order chi connectivity index (χ1) is 4.88. The van der Waals surface area contributed by atoms with Crippen molar-refractivity contribution in [1.82, 2.24) is 0 Å². The van der Waals surface area contributed by atoms with E-state index in [-0.39, 0.29) is 0 Å². The number of thioether (sulfide) groups is 1. The lowest BCUT2D eigenvalue weighted by molar-refractivity contribution is 0.527. The maximum absolute atomic E-state index is 3.78. The second-order valence-corrected chi connectivity index (χ2v) is 3.99. The van der Waals surface area contributed by atoms with Gasteiger partial charge in [-0.25, -0.2) is 0 Å². The summed E-state index contributed by atoms with van der Waals surface area (Å²) < 4.78 is 0. The Kier molecular flexibility index (Phi) is 3.33. The minimum Gasteiger partial charge on any atom is -0.165 e. The van der Waals surface area contributed by atoms with E-state index in [0.717, 1.165) is 11.8 Å². The van der Waals surface area contributed by atoms with Gasteiger partial charge in [-0.3, -0.25) is 0 Å². The van der Waals surface area contributed by atoms with Crippen molar-refractivity contribution in [1.29, 1.82) is 0 Å². The smallest absolute Gasteiger partial charge is 0.00363 e. The maximum atomic E-state index is 3.78. The van der Waals surface area contributed by atoms with Crippen LogP contribution in [0.15, 0.2) is 12.7 Å². The Hall–Kier alpha value is 0.0900. The van der Waals surface area contributed by atoms with Gasteiger partial charge in [0.2, 0.25) is 0 Å². The highest BCUT2D eigenvalue weighted by Gasteiger charge is 2.29. The molecule has 10 heavy (non-hydrogen) atoms. The van der Waals surface area contributed by atoms with E-state index in [1.165, 1.54) is 25.0 Å². The molecule has 1 atom stereocenters. The largest absolute Gasteiger partial charge is 0.165 e. The van der Waals surface area contributed by atoms with E-state index in [1.807, 2.05) is 11.8 Å². The third kappa shape index (κ3) is 2.37. The van der Waals surface area contributed by atoms with Crippen LogP contribution >= 0.6 is 11.8 Å². The predicted molar refractivity (Wildman–Crippen MR) is 49.4 cm³/mol. The van der Waals surface area contributed by atoms with E-state index in [9.17, 15) is 0 Å². The third-order valence-electron chi connectivity index (χ3n) is 2.14. The van der Waals surface area contributed by atoms with E-state index < -0.39 is 0 Å². The minimum absolute atomic E-state index is 0.937. The molecule has 0 amide bonds. The fourth-order valence-corrected chi connectivity index (χ4v) is 2.23. The van der Waals surface area contributed by atoms with Crippen molar-refractivity contribution in [3.63, 3.8) is 0 Å². The molecule has 0 nitrogen and oxygen atoms in total. The lowest BCUT2D eigenvalue weighted by atomic mass is 10.0. The average Bonchev–Trinajstić information content (AvgIpc) is 2.69. The van der Waals surface area contributed by atoms with Gasteiger partial charge in [-0.05, 0) is 43.1 Å². The van der Waals surface area contributed by atoms with Crippen molar-refractivity contribution in [3.05, 3.63) is 12.7 Å². The molecule has 1 unspecified atom stereocenters. The van der Waals surface area contributed by atoms with Gasteiger partial charge in [0.25, 0.3) is 0 Å². The van der Waals surface area contributed by atoms with Gasteiger partial charge in [0.1, 0.15) is 0 Å². The summed E-state index contributed by atoms with van der Waals surface area (Å²) in [4.78, 5) is 0. The highest BCUT2D eigenvalue weighted by molar-refractivity contribution is 7.98. The monoisotopic (exact) mass is 156 g/mol. The first-order valence-corrected chi connectivity index (χ1v) is 5.37. The Balaban J connectivity index is 2.19. The van der Waals surface area contributed by atoms with Crippen molar-refractivity contribution in [2.24, 2.45) is 11.8 Å². The molecule has 1 rings (SSSR count). The van der Waals surface area contributed by atoms with Crippen LogP contribution in [0.25, 0.3) is 0 Å². The molecule has 1 aliphatic rings. The standard InChI is InChI=1S/C9H16S/c1-3-4-9(7-10-2)8-5-6-8/h3,8-9H,1,4-7H2,2H3. The zero-order chi connectivity index (χ0) is 7.40.